The second-order valence-corrected chi connectivity index (χ2v) is 5.74. The van der Waals surface area contributed by atoms with Gasteiger partial charge >= 0.3 is 0 Å². The summed E-state index contributed by atoms with van der Waals surface area (Å²) in [6.45, 7) is 6.54. The third-order valence-corrected chi connectivity index (χ3v) is 4.39. The van der Waals surface area contributed by atoms with Crippen LogP contribution in [0.4, 0.5) is 5.69 Å². The Labute approximate surface area is 116 Å². The number of anilines is 1. The zero-order chi connectivity index (χ0) is 12.3. The van der Waals surface area contributed by atoms with Crippen molar-refractivity contribution in [2.75, 3.05) is 5.32 Å². The van der Waals surface area contributed by atoms with Gasteiger partial charge in [0.05, 0.1) is 15.7 Å². The Morgan fingerprint density at radius 1 is 1.25 bits per heavy atom. The predicted octanol–water partition coefficient (Wildman–Crippen LogP) is 5.60. The molecule has 0 bridgehead atoms. The zero-order valence-corrected chi connectivity index (χ0v) is 12.7. The second kappa shape index (κ2) is 6.13. The molecular formula is C12H16BrCl2N. The number of hydrogen-bond acceptors (Lipinski definition) is 1. The second-order valence-electron chi connectivity index (χ2n) is 4.13. The van der Waals surface area contributed by atoms with E-state index in [9.17, 15) is 0 Å². The van der Waals surface area contributed by atoms with Gasteiger partial charge in [-0.3, -0.25) is 0 Å². The Morgan fingerprint density at radius 3 is 2.38 bits per heavy atom. The molecule has 1 unspecified atom stereocenters. The van der Waals surface area contributed by atoms with Crippen molar-refractivity contribution in [3.8, 4) is 0 Å². The van der Waals surface area contributed by atoms with E-state index in [1.807, 2.05) is 12.1 Å². The standard InChI is InChI=1S/C12H16BrCl2N/c1-4-9(7(2)3)16-10-6-5-8(13)11(14)12(10)15/h5-7,9,16H,4H2,1-3H3. The fourth-order valence-electron chi connectivity index (χ4n) is 1.58. The van der Waals surface area contributed by atoms with E-state index in [4.69, 9.17) is 23.2 Å². The number of nitrogens with one attached hydrogen (secondary N) is 1. The summed E-state index contributed by atoms with van der Waals surface area (Å²) in [7, 11) is 0. The van der Waals surface area contributed by atoms with Crippen molar-refractivity contribution in [2.45, 2.75) is 33.2 Å². The van der Waals surface area contributed by atoms with Crippen LogP contribution in [-0.4, -0.2) is 6.04 Å². The molecule has 1 aromatic rings. The molecule has 1 atom stereocenters. The van der Waals surface area contributed by atoms with E-state index in [2.05, 4.69) is 42.0 Å². The number of rotatable bonds is 4. The molecule has 1 N–H and O–H groups in total. The van der Waals surface area contributed by atoms with E-state index < -0.39 is 0 Å². The molecule has 0 heterocycles. The fourth-order valence-corrected chi connectivity index (χ4v) is 2.41. The Hall–Kier alpha value is 0.0800. The van der Waals surface area contributed by atoms with Crippen molar-refractivity contribution >= 4 is 44.8 Å². The van der Waals surface area contributed by atoms with Gasteiger partial charge in [0.1, 0.15) is 0 Å². The highest BCUT2D eigenvalue weighted by atomic mass is 79.9. The normalized spacial score (nSPS) is 12.9. The average Bonchev–Trinajstić information content (AvgIpc) is 2.25. The van der Waals surface area contributed by atoms with E-state index in [1.165, 1.54) is 0 Å². The summed E-state index contributed by atoms with van der Waals surface area (Å²) in [5, 5.41) is 4.57. The van der Waals surface area contributed by atoms with Crippen LogP contribution >= 0.6 is 39.1 Å². The number of hydrogen-bond donors (Lipinski definition) is 1. The summed E-state index contributed by atoms with van der Waals surface area (Å²) in [5.74, 6) is 0.559. The Bertz CT molecular complexity index is 366. The van der Waals surface area contributed by atoms with Gasteiger partial charge in [-0.2, -0.15) is 0 Å². The van der Waals surface area contributed by atoms with E-state index in [0.29, 0.717) is 22.0 Å². The molecule has 1 nitrogen and oxygen atoms in total. The van der Waals surface area contributed by atoms with Crippen LogP contribution in [0.15, 0.2) is 16.6 Å². The third kappa shape index (κ3) is 3.28. The van der Waals surface area contributed by atoms with Crippen molar-refractivity contribution in [3.63, 3.8) is 0 Å². The largest absolute Gasteiger partial charge is 0.381 e. The SMILES string of the molecule is CCC(Nc1ccc(Br)c(Cl)c1Cl)C(C)C. The van der Waals surface area contributed by atoms with Crippen LogP contribution < -0.4 is 5.32 Å². The van der Waals surface area contributed by atoms with Crippen molar-refractivity contribution in [2.24, 2.45) is 5.92 Å². The van der Waals surface area contributed by atoms with E-state index >= 15 is 0 Å². The van der Waals surface area contributed by atoms with Gasteiger partial charge in [-0.1, -0.05) is 44.0 Å². The molecule has 1 aromatic carbocycles. The topological polar surface area (TPSA) is 12.0 Å². The van der Waals surface area contributed by atoms with Gasteiger partial charge in [0.15, 0.2) is 0 Å². The first-order valence-electron chi connectivity index (χ1n) is 5.37. The Morgan fingerprint density at radius 2 is 1.88 bits per heavy atom. The maximum atomic E-state index is 6.18. The molecule has 0 saturated heterocycles. The molecule has 16 heavy (non-hydrogen) atoms. The highest BCUT2D eigenvalue weighted by Gasteiger charge is 2.14. The lowest BCUT2D eigenvalue weighted by Gasteiger charge is -2.23. The zero-order valence-electron chi connectivity index (χ0n) is 9.65. The molecule has 0 spiro atoms. The third-order valence-electron chi connectivity index (χ3n) is 2.62. The van der Waals surface area contributed by atoms with Crippen molar-refractivity contribution in [1.29, 1.82) is 0 Å². The summed E-state index contributed by atoms with van der Waals surface area (Å²) < 4.78 is 0.822. The van der Waals surface area contributed by atoms with Gasteiger partial charge in [-0.15, -0.1) is 0 Å². The minimum absolute atomic E-state index is 0.412. The first kappa shape index (κ1) is 14.1. The molecule has 0 aliphatic rings. The van der Waals surface area contributed by atoms with Crippen molar-refractivity contribution in [1.82, 2.24) is 0 Å². The van der Waals surface area contributed by atoms with Gasteiger partial charge in [0.25, 0.3) is 0 Å². The van der Waals surface area contributed by atoms with Crippen LogP contribution in [0.2, 0.25) is 10.0 Å². The molecule has 0 saturated carbocycles. The number of halogens is 3. The lowest BCUT2D eigenvalue weighted by Crippen LogP contribution is -2.24. The lowest BCUT2D eigenvalue weighted by molar-refractivity contribution is 0.511. The maximum Gasteiger partial charge on any atom is 0.0835 e. The molecule has 0 radical (unpaired) electrons. The summed E-state index contributed by atoms with van der Waals surface area (Å²) in [6, 6.07) is 4.27. The fraction of sp³-hybridized carbons (Fsp3) is 0.500. The van der Waals surface area contributed by atoms with Crippen LogP contribution in [0.1, 0.15) is 27.2 Å². The lowest BCUT2D eigenvalue weighted by atomic mass is 10.0. The van der Waals surface area contributed by atoms with Gasteiger partial charge in [-0.05, 0) is 40.4 Å². The van der Waals surface area contributed by atoms with Gasteiger partial charge in [0, 0.05) is 10.5 Å². The average molecular weight is 325 g/mol. The first-order chi connectivity index (χ1) is 7.47. The van der Waals surface area contributed by atoms with Crippen LogP contribution in [-0.2, 0) is 0 Å². The van der Waals surface area contributed by atoms with Crippen molar-refractivity contribution < 1.29 is 0 Å². The van der Waals surface area contributed by atoms with Crippen LogP contribution in [0, 0.1) is 5.92 Å². The monoisotopic (exact) mass is 323 g/mol. The molecule has 0 aliphatic heterocycles. The molecule has 0 fully saturated rings. The van der Waals surface area contributed by atoms with Crippen LogP contribution in [0.25, 0.3) is 0 Å². The molecule has 0 aromatic heterocycles. The summed E-state index contributed by atoms with van der Waals surface area (Å²) in [6.07, 6.45) is 1.06. The number of benzene rings is 1. The molecule has 90 valence electrons. The molecule has 1 rings (SSSR count). The van der Waals surface area contributed by atoms with Gasteiger partial charge in [0.2, 0.25) is 0 Å². The maximum absolute atomic E-state index is 6.18. The van der Waals surface area contributed by atoms with Crippen molar-refractivity contribution in [3.05, 3.63) is 26.7 Å². The van der Waals surface area contributed by atoms with Gasteiger partial charge < -0.3 is 5.32 Å². The minimum atomic E-state index is 0.412. The quantitative estimate of drug-likeness (QED) is 0.710. The first-order valence-corrected chi connectivity index (χ1v) is 6.92. The van der Waals surface area contributed by atoms with E-state index in [0.717, 1.165) is 16.6 Å². The summed E-state index contributed by atoms with van der Waals surface area (Å²) in [5.41, 5.74) is 0.899. The molecular weight excluding hydrogens is 309 g/mol. The smallest absolute Gasteiger partial charge is 0.0835 e. The summed E-state index contributed by atoms with van der Waals surface area (Å²) >= 11 is 15.6. The van der Waals surface area contributed by atoms with E-state index in [-0.39, 0.29) is 0 Å². The Kier molecular flexibility index (Phi) is 5.42. The molecule has 4 heteroatoms. The minimum Gasteiger partial charge on any atom is -0.381 e. The highest BCUT2D eigenvalue weighted by molar-refractivity contribution is 9.10. The van der Waals surface area contributed by atoms with Crippen LogP contribution in [0.3, 0.4) is 0 Å². The highest BCUT2D eigenvalue weighted by Crippen LogP contribution is 2.36. The molecule has 0 aliphatic carbocycles. The van der Waals surface area contributed by atoms with E-state index in [1.54, 1.807) is 0 Å². The molecule has 0 amide bonds. The summed E-state index contributed by atoms with van der Waals surface area (Å²) in [4.78, 5) is 0. The predicted molar refractivity (Wildman–Crippen MR) is 76.7 cm³/mol. The van der Waals surface area contributed by atoms with Crippen LogP contribution in [0.5, 0.6) is 0 Å². The Balaban J connectivity index is 2.93. The van der Waals surface area contributed by atoms with Gasteiger partial charge in [-0.25, -0.2) is 0 Å².